The Bertz CT molecular complexity index is 305. The number of ether oxygens (including phenoxy) is 1. The van der Waals surface area contributed by atoms with Gasteiger partial charge in [-0.25, -0.2) is 0 Å². The molecule has 110 valence electrons. The topological polar surface area (TPSA) is 24.5 Å². The first kappa shape index (κ1) is 13.8. The van der Waals surface area contributed by atoms with Crippen LogP contribution in [-0.2, 0) is 4.74 Å². The average Bonchev–Trinajstić information content (AvgIpc) is 3.13. The first-order chi connectivity index (χ1) is 9.20. The van der Waals surface area contributed by atoms with Gasteiger partial charge in [-0.3, -0.25) is 4.90 Å². The fraction of sp³-hybridized carbons (Fsp3) is 1.00. The highest BCUT2D eigenvalue weighted by Crippen LogP contribution is 2.33. The molecule has 3 nitrogen and oxygen atoms in total. The molecule has 1 heterocycles. The van der Waals surface area contributed by atoms with E-state index >= 15 is 0 Å². The fourth-order valence-electron chi connectivity index (χ4n) is 3.66. The summed E-state index contributed by atoms with van der Waals surface area (Å²) in [5.41, 5.74) is 0.424. The summed E-state index contributed by atoms with van der Waals surface area (Å²) >= 11 is 0. The molecule has 3 aliphatic rings. The van der Waals surface area contributed by atoms with Crippen LogP contribution in [0.15, 0.2) is 0 Å². The maximum absolute atomic E-state index is 5.93. The third-order valence-corrected chi connectivity index (χ3v) is 5.43. The zero-order valence-electron chi connectivity index (χ0n) is 12.7. The van der Waals surface area contributed by atoms with Crippen LogP contribution in [0.3, 0.4) is 0 Å². The minimum absolute atomic E-state index is 0.424. The number of nitrogens with one attached hydrogen (secondary N) is 1. The summed E-state index contributed by atoms with van der Waals surface area (Å²) in [4.78, 5) is 2.74. The van der Waals surface area contributed by atoms with Crippen LogP contribution < -0.4 is 5.32 Å². The van der Waals surface area contributed by atoms with Crippen LogP contribution in [0.1, 0.15) is 52.4 Å². The number of nitrogens with zero attached hydrogens (tertiary/aromatic N) is 1. The molecule has 0 aromatic carbocycles. The van der Waals surface area contributed by atoms with E-state index in [-0.39, 0.29) is 0 Å². The summed E-state index contributed by atoms with van der Waals surface area (Å²) < 4.78 is 5.93. The van der Waals surface area contributed by atoms with Crippen molar-refractivity contribution in [3.05, 3.63) is 0 Å². The molecule has 0 aromatic rings. The van der Waals surface area contributed by atoms with Gasteiger partial charge in [0.15, 0.2) is 0 Å². The van der Waals surface area contributed by atoms with Crippen molar-refractivity contribution in [2.24, 2.45) is 5.41 Å². The van der Waals surface area contributed by atoms with Crippen molar-refractivity contribution in [2.45, 2.75) is 70.6 Å². The molecule has 0 amide bonds. The Morgan fingerprint density at radius 3 is 2.84 bits per heavy atom. The minimum Gasteiger partial charge on any atom is -0.375 e. The second-order valence-corrected chi connectivity index (χ2v) is 7.20. The van der Waals surface area contributed by atoms with Gasteiger partial charge in [-0.05, 0) is 43.9 Å². The van der Waals surface area contributed by atoms with E-state index in [1.165, 1.54) is 51.6 Å². The quantitative estimate of drug-likeness (QED) is 0.799. The smallest absolute Gasteiger partial charge is 0.0730 e. The number of morpholine rings is 1. The summed E-state index contributed by atoms with van der Waals surface area (Å²) in [6.07, 6.45) is 8.57. The molecular formula is C16H30N2O. The molecule has 0 spiro atoms. The lowest BCUT2D eigenvalue weighted by Crippen LogP contribution is -2.53. The van der Waals surface area contributed by atoms with Crippen molar-refractivity contribution in [1.29, 1.82) is 0 Å². The van der Waals surface area contributed by atoms with Crippen LogP contribution in [0.4, 0.5) is 0 Å². The summed E-state index contributed by atoms with van der Waals surface area (Å²) in [7, 11) is 0. The van der Waals surface area contributed by atoms with Gasteiger partial charge in [-0.1, -0.05) is 13.8 Å². The predicted octanol–water partition coefficient (Wildman–Crippen LogP) is 2.41. The summed E-state index contributed by atoms with van der Waals surface area (Å²) in [6, 6.07) is 1.54. The standard InChI is InChI=1S/C16H30N2O/c1-3-16(2,11-17-13-7-8-13)12-18-9-10-19-15-6-4-5-14(15)18/h13-15,17H,3-12H2,1-2H3. The van der Waals surface area contributed by atoms with Crippen LogP contribution in [0.5, 0.6) is 0 Å². The SMILES string of the molecule is CCC(C)(CNC1CC1)CN1CCOC2CCCC21. The largest absolute Gasteiger partial charge is 0.375 e. The Kier molecular flexibility index (Phi) is 4.16. The maximum atomic E-state index is 5.93. The monoisotopic (exact) mass is 266 g/mol. The average molecular weight is 266 g/mol. The van der Waals surface area contributed by atoms with Crippen molar-refractivity contribution in [1.82, 2.24) is 10.2 Å². The molecule has 2 aliphatic carbocycles. The minimum atomic E-state index is 0.424. The summed E-state index contributed by atoms with van der Waals surface area (Å²) in [6.45, 7) is 9.32. The van der Waals surface area contributed by atoms with Gasteiger partial charge in [0.05, 0.1) is 12.7 Å². The lowest BCUT2D eigenvalue weighted by atomic mass is 9.86. The first-order valence-electron chi connectivity index (χ1n) is 8.29. The molecule has 19 heavy (non-hydrogen) atoms. The maximum Gasteiger partial charge on any atom is 0.0730 e. The molecule has 3 fully saturated rings. The van der Waals surface area contributed by atoms with Crippen molar-refractivity contribution in [3.8, 4) is 0 Å². The van der Waals surface area contributed by atoms with E-state index in [4.69, 9.17) is 4.74 Å². The highest BCUT2D eigenvalue weighted by atomic mass is 16.5. The lowest BCUT2D eigenvalue weighted by molar-refractivity contribution is -0.0675. The molecule has 3 atom stereocenters. The van der Waals surface area contributed by atoms with Gasteiger partial charge >= 0.3 is 0 Å². The van der Waals surface area contributed by atoms with Crippen LogP contribution in [-0.4, -0.2) is 49.3 Å². The fourth-order valence-corrected chi connectivity index (χ4v) is 3.66. The molecule has 1 N–H and O–H groups in total. The van der Waals surface area contributed by atoms with Crippen LogP contribution >= 0.6 is 0 Å². The van der Waals surface area contributed by atoms with Crippen LogP contribution in [0.25, 0.3) is 0 Å². The Hall–Kier alpha value is -0.120. The molecule has 3 unspecified atom stereocenters. The molecular weight excluding hydrogens is 236 g/mol. The highest BCUT2D eigenvalue weighted by molar-refractivity contribution is 4.93. The van der Waals surface area contributed by atoms with Crippen molar-refractivity contribution >= 4 is 0 Å². The molecule has 3 rings (SSSR count). The lowest BCUT2D eigenvalue weighted by Gasteiger charge is -2.43. The number of rotatable bonds is 6. The van der Waals surface area contributed by atoms with E-state index in [0.717, 1.165) is 19.2 Å². The zero-order chi connectivity index (χ0) is 13.3. The van der Waals surface area contributed by atoms with Gasteiger partial charge < -0.3 is 10.1 Å². The molecule has 0 bridgehead atoms. The molecule has 3 heteroatoms. The van der Waals surface area contributed by atoms with Gasteiger partial charge in [0.25, 0.3) is 0 Å². The van der Waals surface area contributed by atoms with Gasteiger partial charge in [0.2, 0.25) is 0 Å². The predicted molar refractivity (Wildman–Crippen MR) is 78.4 cm³/mol. The van der Waals surface area contributed by atoms with Gasteiger partial charge in [-0.2, -0.15) is 0 Å². The number of hydrogen-bond donors (Lipinski definition) is 1. The van der Waals surface area contributed by atoms with E-state index in [0.29, 0.717) is 17.6 Å². The van der Waals surface area contributed by atoms with E-state index < -0.39 is 0 Å². The first-order valence-corrected chi connectivity index (χ1v) is 8.29. The number of fused-ring (bicyclic) bond motifs is 1. The second-order valence-electron chi connectivity index (χ2n) is 7.20. The Labute approximate surface area is 118 Å². The number of hydrogen-bond acceptors (Lipinski definition) is 3. The molecule has 2 saturated carbocycles. The normalized spacial score (nSPS) is 35.1. The Morgan fingerprint density at radius 2 is 2.11 bits per heavy atom. The molecule has 1 saturated heterocycles. The van der Waals surface area contributed by atoms with E-state index in [1.54, 1.807) is 0 Å². The molecule has 0 radical (unpaired) electrons. The second kappa shape index (κ2) is 5.71. The van der Waals surface area contributed by atoms with Crippen LogP contribution in [0.2, 0.25) is 0 Å². The van der Waals surface area contributed by atoms with Crippen molar-refractivity contribution in [2.75, 3.05) is 26.2 Å². The van der Waals surface area contributed by atoms with E-state index in [1.807, 2.05) is 0 Å². The van der Waals surface area contributed by atoms with Crippen molar-refractivity contribution in [3.63, 3.8) is 0 Å². The zero-order valence-corrected chi connectivity index (χ0v) is 12.7. The third-order valence-electron chi connectivity index (χ3n) is 5.43. The van der Waals surface area contributed by atoms with Gasteiger partial charge in [0, 0.05) is 31.7 Å². The van der Waals surface area contributed by atoms with Gasteiger partial charge in [0.1, 0.15) is 0 Å². The Morgan fingerprint density at radius 1 is 1.26 bits per heavy atom. The van der Waals surface area contributed by atoms with E-state index in [2.05, 4.69) is 24.1 Å². The molecule has 1 aliphatic heterocycles. The van der Waals surface area contributed by atoms with Crippen LogP contribution in [0, 0.1) is 5.41 Å². The summed E-state index contributed by atoms with van der Waals surface area (Å²) in [5, 5.41) is 3.74. The van der Waals surface area contributed by atoms with Gasteiger partial charge in [-0.15, -0.1) is 0 Å². The van der Waals surface area contributed by atoms with E-state index in [9.17, 15) is 0 Å². The molecule has 0 aromatic heterocycles. The third kappa shape index (κ3) is 3.32. The highest BCUT2D eigenvalue weighted by Gasteiger charge is 2.39. The summed E-state index contributed by atoms with van der Waals surface area (Å²) in [5.74, 6) is 0. The Balaban J connectivity index is 1.57. The van der Waals surface area contributed by atoms with Crippen molar-refractivity contribution < 1.29 is 4.74 Å².